The molecule has 0 aliphatic rings. The van der Waals surface area contributed by atoms with Crippen LogP contribution in [0, 0.1) is 5.92 Å². The topological polar surface area (TPSA) is 81.4 Å². The molecule has 21 heavy (non-hydrogen) atoms. The number of nitrogens with one attached hydrogen (secondary N) is 1. The Labute approximate surface area is 131 Å². The first-order valence-electron chi connectivity index (χ1n) is 6.92. The molecule has 0 aliphatic heterocycles. The van der Waals surface area contributed by atoms with Crippen LogP contribution in [0.1, 0.15) is 25.8 Å². The molecule has 0 heterocycles. The van der Waals surface area contributed by atoms with Crippen molar-refractivity contribution in [3.63, 3.8) is 0 Å². The third kappa shape index (κ3) is 6.32. The van der Waals surface area contributed by atoms with E-state index < -0.39 is 10.0 Å². The summed E-state index contributed by atoms with van der Waals surface area (Å²) in [6, 6.07) is 4.53. The van der Waals surface area contributed by atoms with E-state index in [1.807, 2.05) is 0 Å². The number of halogens is 1. The van der Waals surface area contributed by atoms with Crippen molar-refractivity contribution in [2.24, 2.45) is 11.7 Å². The molecule has 0 amide bonds. The summed E-state index contributed by atoms with van der Waals surface area (Å²) in [5, 5.41) is 0.355. The van der Waals surface area contributed by atoms with E-state index in [2.05, 4.69) is 18.6 Å². The fourth-order valence-electron chi connectivity index (χ4n) is 1.61. The second kappa shape index (κ2) is 8.70. The Hall–Kier alpha value is -0.660. The Morgan fingerprint density at radius 3 is 2.62 bits per heavy atom. The van der Waals surface area contributed by atoms with Gasteiger partial charge in [0.1, 0.15) is 0 Å². The van der Waals surface area contributed by atoms with Gasteiger partial charge in [-0.25, -0.2) is 13.1 Å². The van der Waals surface area contributed by atoms with Gasteiger partial charge in [0.25, 0.3) is 0 Å². The minimum Gasteiger partial charge on any atom is -0.380 e. The van der Waals surface area contributed by atoms with Crippen LogP contribution in [0.5, 0.6) is 0 Å². The molecule has 5 nitrogen and oxygen atoms in total. The molecule has 1 aromatic carbocycles. The van der Waals surface area contributed by atoms with Crippen LogP contribution in [0.4, 0.5) is 0 Å². The summed E-state index contributed by atoms with van der Waals surface area (Å²) in [7, 11) is -3.57. The maximum Gasteiger partial charge on any atom is 0.240 e. The van der Waals surface area contributed by atoms with Crippen LogP contribution < -0.4 is 10.5 Å². The molecule has 0 saturated heterocycles. The summed E-state index contributed by atoms with van der Waals surface area (Å²) in [5.41, 5.74) is 6.21. The van der Waals surface area contributed by atoms with Crippen LogP contribution >= 0.6 is 11.6 Å². The Bertz CT molecular complexity index is 547. The van der Waals surface area contributed by atoms with Crippen molar-refractivity contribution >= 4 is 21.6 Å². The molecular formula is C14H23ClN2O3S. The highest BCUT2D eigenvalue weighted by molar-refractivity contribution is 7.89. The third-order valence-corrected chi connectivity index (χ3v) is 4.74. The van der Waals surface area contributed by atoms with Crippen molar-refractivity contribution in [1.82, 2.24) is 4.72 Å². The van der Waals surface area contributed by atoms with Crippen LogP contribution in [0.3, 0.4) is 0 Å². The average Bonchev–Trinajstić information content (AvgIpc) is 2.42. The van der Waals surface area contributed by atoms with E-state index in [0.717, 1.165) is 6.42 Å². The van der Waals surface area contributed by atoms with Gasteiger partial charge in [0, 0.05) is 24.7 Å². The lowest BCUT2D eigenvalue weighted by Gasteiger charge is -2.10. The predicted molar refractivity (Wildman–Crippen MR) is 84.8 cm³/mol. The number of ether oxygens (including phenoxy) is 1. The largest absolute Gasteiger partial charge is 0.380 e. The van der Waals surface area contributed by atoms with Crippen molar-refractivity contribution in [1.29, 1.82) is 0 Å². The average molecular weight is 335 g/mol. The summed E-state index contributed by atoms with van der Waals surface area (Å²) in [6.45, 7) is 5.71. The molecule has 0 radical (unpaired) electrons. The standard InChI is InChI=1S/C14H23ClN2O3S/c1-11(2)5-7-20-8-6-17-21(18,19)13-4-3-12(10-16)14(15)9-13/h3-4,9,11,17H,5-8,10,16H2,1-2H3. The fraction of sp³-hybridized carbons (Fsp3) is 0.571. The number of nitrogens with two attached hydrogens (primary N) is 1. The van der Waals surface area contributed by atoms with Gasteiger partial charge in [0.15, 0.2) is 0 Å². The fourth-order valence-corrected chi connectivity index (χ4v) is 2.97. The Morgan fingerprint density at radius 2 is 2.05 bits per heavy atom. The Morgan fingerprint density at radius 1 is 1.33 bits per heavy atom. The summed E-state index contributed by atoms with van der Waals surface area (Å²) in [5.74, 6) is 0.574. The van der Waals surface area contributed by atoms with Crippen LogP contribution in [-0.2, 0) is 21.3 Å². The summed E-state index contributed by atoms with van der Waals surface area (Å²) >= 11 is 5.97. The number of sulfonamides is 1. The van der Waals surface area contributed by atoms with E-state index in [4.69, 9.17) is 22.1 Å². The highest BCUT2D eigenvalue weighted by Gasteiger charge is 2.14. The van der Waals surface area contributed by atoms with Crippen molar-refractivity contribution in [3.05, 3.63) is 28.8 Å². The van der Waals surface area contributed by atoms with Crippen molar-refractivity contribution in [3.8, 4) is 0 Å². The molecule has 7 heteroatoms. The summed E-state index contributed by atoms with van der Waals surface area (Å²) in [6.07, 6.45) is 0.961. The molecule has 1 aromatic rings. The first-order valence-corrected chi connectivity index (χ1v) is 8.79. The van der Waals surface area contributed by atoms with Crippen molar-refractivity contribution < 1.29 is 13.2 Å². The lowest BCUT2D eigenvalue weighted by Crippen LogP contribution is -2.27. The molecule has 0 spiro atoms. The Balaban J connectivity index is 2.48. The van der Waals surface area contributed by atoms with Crippen LogP contribution in [-0.4, -0.2) is 28.2 Å². The van der Waals surface area contributed by atoms with Crippen LogP contribution in [0.2, 0.25) is 5.02 Å². The van der Waals surface area contributed by atoms with Gasteiger partial charge in [0.05, 0.1) is 11.5 Å². The zero-order valence-corrected chi connectivity index (χ0v) is 14.0. The third-order valence-electron chi connectivity index (χ3n) is 2.93. The van der Waals surface area contributed by atoms with Gasteiger partial charge in [-0.05, 0) is 30.0 Å². The van der Waals surface area contributed by atoms with Gasteiger partial charge in [-0.3, -0.25) is 0 Å². The number of hydrogen-bond acceptors (Lipinski definition) is 4. The molecular weight excluding hydrogens is 312 g/mol. The first kappa shape index (κ1) is 18.4. The SMILES string of the molecule is CC(C)CCOCCNS(=O)(=O)c1ccc(CN)c(Cl)c1. The number of benzene rings is 1. The first-order chi connectivity index (χ1) is 9.86. The minimum absolute atomic E-state index is 0.131. The molecule has 0 bridgehead atoms. The molecule has 0 atom stereocenters. The molecule has 0 unspecified atom stereocenters. The molecule has 0 fully saturated rings. The van der Waals surface area contributed by atoms with Gasteiger partial charge in [-0.1, -0.05) is 31.5 Å². The molecule has 120 valence electrons. The molecule has 3 N–H and O–H groups in total. The van der Waals surface area contributed by atoms with Crippen molar-refractivity contribution in [2.75, 3.05) is 19.8 Å². The van der Waals surface area contributed by atoms with Crippen LogP contribution in [0.15, 0.2) is 23.1 Å². The maximum absolute atomic E-state index is 12.1. The lowest BCUT2D eigenvalue weighted by atomic mass is 10.1. The number of rotatable bonds is 9. The zero-order valence-electron chi connectivity index (χ0n) is 12.4. The van der Waals surface area contributed by atoms with E-state index >= 15 is 0 Å². The second-order valence-electron chi connectivity index (χ2n) is 5.15. The van der Waals surface area contributed by atoms with Gasteiger partial charge >= 0.3 is 0 Å². The predicted octanol–water partition coefficient (Wildman–Crippen LogP) is 2.14. The highest BCUT2D eigenvalue weighted by Crippen LogP contribution is 2.20. The van der Waals surface area contributed by atoms with Gasteiger partial charge in [0.2, 0.25) is 10.0 Å². The van der Waals surface area contributed by atoms with E-state index in [-0.39, 0.29) is 18.0 Å². The van der Waals surface area contributed by atoms with Gasteiger partial charge < -0.3 is 10.5 Å². The quantitative estimate of drug-likeness (QED) is 0.678. The smallest absolute Gasteiger partial charge is 0.240 e. The monoisotopic (exact) mass is 334 g/mol. The van der Waals surface area contributed by atoms with Crippen LogP contribution in [0.25, 0.3) is 0 Å². The summed E-state index contributed by atoms with van der Waals surface area (Å²) < 4.78 is 32.0. The van der Waals surface area contributed by atoms with Gasteiger partial charge in [-0.2, -0.15) is 0 Å². The van der Waals surface area contributed by atoms with Crippen molar-refractivity contribution in [2.45, 2.75) is 31.7 Å². The lowest BCUT2D eigenvalue weighted by molar-refractivity contribution is 0.128. The molecule has 0 aromatic heterocycles. The van der Waals surface area contributed by atoms with Gasteiger partial charge in [-0.15, -0.1) is 0 Å². The zero-order chi connectivity index (χ0) is 15.9. The molecule has 0 aliphatic carbocycles. The number of hydrogen-bond donors (Lipinski definition) is 2. The maximum atomic E-state index is 12.1. The van der Waals surface area contributed by atoms with E-state index in [1.165, 1.54) is 12.1 Å². The second-order valence-corrected chi connectivity index (χ2v) is 7.32. The summed E-state index contributed by atoms with van der Waals surface area (Å²) in [4.78, 5) is 0.131. The van der Waals surface area contributed by atoms with E-state index in [1.54, 1.807) is 6.07 Å². The van der Waals surface area contributed by atoms with E-state index in [0.29, 0.717) is 29.7 Å². The highest BCUT2D eigenvalue weighted by atomic mass is 35.5. The molecule has 0 saturated carbocycles. The minimum atomic E-state index is -3.57. The molecule has 1 rings (SSSR count). The normalized spacial score (nSPS) is 12.0. The Kier molecular flexibility index (Phi) is 7.62. The van der Waals surface area contributed by atoms with E-state index in [9.17, 15) is 8.42 Å².